The summed E-state index contributed by atoms with van der Waals surface area (Å²) in [7, 11) is 0. The highest BCUT2D eigenvalue weighted by Crippen LogP contribution is 2.23. The van der Waals surface area contributed by atoms with E-state index in [1.807, 2.05) is 9.13 Å². The molecule has 0 amide bonds. The van der Waals surface area contributed by atoms with Gasteiger partial charge in [-0.1, -0.05) is 6.08 Å². The summed E-state index contributed by atoms with van der Waals surface area (Å²) in [5, 5.41) is 0. The summed E-state index contributed by atoms with van der Waals surface area (Å²) in [6.45, 7) is 7.25. The molecule has 2 aromatic rings. The maximum absolute atomic E-state index is 6.02. The monoisotopic (exact) mass is 217 g/mol. The van der Waals surface area contributed by atoms with Gasteiger partial charge in [-0.25, -0.2) is 9.97 Å². The number of aromatic nitrogens is 4. The van der Waals surface area contributed by atoms with Crippen molar-refractivity contribution in [2.24, 2.45) is 0 Å². The predicted octanol–water partition coefficient (Wildman–Crippen LogP) is 1.53. The molecule has 2 heterocycles. The lowest BCUT2D eigenvalue weighted by Crippen LogP contribution is -2.02. The smallest absolute Gasteiger partial charge is 0.133 e. The van der Waals surface area contributed by atoms with E-state index in [4.69, 9.17) is 5.73 Å². The van der Waals surface area contributed by atoms with Gasteiger partial charge in [0.1, 0.15) is 11.5 Å². The summed E-state index contributed by atoms with van der Waals surface area (Å²) in [6.07, 6.45) is 7.07. The second-order valence-corrected chi connectivity index (χ2v) is 3.48. The normalized spacial score (nSPS) is 10.6. The zero-order valence-corrected chi connectivity index (χ0v) is 9.30. The first-order chi connectivity index (χ1) is 7.77. The van der Waals surface area contributed by atoms with Crippen molar-refractivity contribution in [3.63, 3.8) is 0 Å². The second-order valence-electron chi connectivity index (χ2n) is 3.48. The maximum Gasteiger partial charge on any atom is 0.133 e. The zero-order chi connectivity index (χ0) is 11.5. The Morgan fingerprint density at radius 2 is 2.25 bits per heavy atom. The van der Waals surface area contributed by atoms with E-state index in [-0.39, 0.29) is 0 Å². The van der Waals surface area contributed by atoms with Crippen LogP contribution in [0.15, 0.2) is 31.5 Å². The van der Waals surface area contributed by atoms with Crippen molar-refractivity contribution in [2.45, 2.75) is 20.0 Å². The summed E-state index contributed by atoms with van der Waals surface area (Å²) in [5.41, 5.74) is 7.74. The molecule has 2 N–H and O–H groups in total. The number of nitrogens with zero attached hydrogens (tertiary/aromatic N) is 4. The summed E-state index contributed by atoms with van der Waals surface area (Å²) >= 11 is 0. The minimum Gasteiger partial charge on any atom is -0.383 e. The minimum absolute atomic E-state index is 0.648. The van der Waals surface area contributed by atoms with Crippen LogP contribution in [0.2, 0.25) is 0 Å². The molecule has 0 aromatic carbocycles. The van der Waals surface area contributed by atoms with Gasteiger partial charge in [0.05, 0.1) is 24.5 Å². The molecule has 2 aromatic heterocycles. The lowest BCUT2D eigenvalue weighted by Gasteiger charge is -2.04. The van der Waals surface area contributed by atoms with Gasteiger partial charge in [0, 0.05) is 13.1 Å². The van der Waals surface area contributed by atoms with Gasteiger partial charge in [-0.15, -0.1) is 6.58 Å². The van der Waals surface area contributed by atoms with Crippen LogP contribution in [0.1, 0.15) is 6.92 Å². The molecule has 0 aliphatic rings. The summed E-state index contributed by atoms with van der Waals surface area (Å²) < 4.78 is 3.87. The molecule has 0 aliphatic heterocycles. The molecular formula is C11H15N5. The highest BCUT2D eigenvalue weighted by Gasteiger charge is 2.12. The average molecular weight is 217 g/mol. The number of aryl methyl sites for hydroxylation is 1. The Kier molecular flexibility index (Phi) is 2.76. The Labute approximate surface area is 94.2 Å². The molecule has 0 fully saturated rings. The largest absolute Gasteiger partial charge is 0.383 e. The van der Waals surface area contributed by atoms with Crippen LogP contribution in [0.3, 0.4) is 0 Å². The molecule has 5 nitrogen and oxygen atoms in total. The van der Waals surface area contributed by atoms with Crippen molar-refractivity contribution in [2.75, 3.05) is 5.73 Å². The van der Waals surface area contributed by atoms with E-state index >= 15 is 0 Å². The molecule has 0 saturated carbocycles. The summed E-state index contributed by atoms with van der Waals surface area (Å²) in [6, 6.07) is 0. The van der Waals surface area contributed by atoms with Crippen molar-refractivity contribution < 1.29 is 0 Å². The van der Waals surface area contributed by atoms with Crippen LogP contribution in [-0.4, -0.2) is 19.1 Å². The maximum atomic E-state index is 6.02. The summed E-state index contributed by atoms with van der Waals surface area (Å²) in [4.78, 5) is 8.42. The van der Waals surface area contributed by atoms with Crippen molar-refractivity contribution in [3.05, 3.63) is 31.5 Å². The third-order valence-electron chi connectivity index (χ3n) is 2.50. The fourth-order valence-corrected chi connectivity index (χ4v) is 1.64. The van der Waals surface area contributed by atoms with E-state index < -0.39 is 0 Å². The van der Waals surface area contributed by atoms with E-state index in [1.165, 1.54) is 0 Å². The van der Waals surface area contributed by atoms with Crippen molar-refractivity contribution in [1.29, 1.82) is 0 Å². The highest BCUT2D eigenvalue weighted by atomic mass is 15.1. The van der Waals surface area contributed by atoms with E-state index in [1.54, 1.807) is 24.9 Å². The van der Waals surface area contributed by atoms with Crippen LogP contribution in [0.5, 0.6) is 0 Å². The first-order valence-electron chi connectivity index (χ1n) is 5.20. The number of rotatable bonds is 4. The first kappa shape index (κ1) is 10.5. The summed E-state index contributed by atoms with van der Waals surface area (Å²) in [5.74, 6) is 0.648. The Hall–Kier alpha value is -2.04. The fraction of sp³-hybridized carbons (Fsp3) is 0.273. The Morgan fingerprint density at radius 1 is 1.44 bits per heavy atom. The van der Waals surface area contributed by atoms with Crippen LogP contribution in [-0.2, 0) is 13.1 Å². The fourth-order valence-electron chi connectivity index (χ4n) is 1.64. The van der Waals surface area contributed by atoms with Gasteiger partial charge in [-0.3, -0.25) is 0 Å². The molecular weight excluding hydrogens is 202 g/mol. The predicted molar refractivity (Wildman–Crippen MR) is 63.7 cm³/mol. The van der Waals surface area contributed by atoms with E-state index in [0.29, 0.717) is 12.4 Å². The van der Waals surface area contributed by atoms with Crippen molar-refractivity contribution >= 4 is 5.82 Å². The molecule has 2 rings (SSSR count). The Bertz CT molecular complexity index is 494. The van der Waals surface area contributed by atoms with E-state index in [2.05, 4.69) is 23.5 Å². The van der Waals surface area contributed by atoms with Crippen LogP contribution in [0, 0.1) is 0 Å². The van der Waals surface area contributed by atoms with Crippen LogP contribution < -0.4 is 5.73 Å². The Morgan fingerprint density at radius 3 is 2.94 bits per heavy atom. The number of allylic oxidation sites excluding steroid dienone is 1. The van der Waals surface area contributed by atoms with E-state index in [9.17, 15) is 0 Å². The van der Waals surface area contributed by atoms with Gasteiger partial charge >= 0.3 is 0 Å². The number of hydrogen-bond acceptors (Lipinski definition) is 3. The first-order valence-corrected chi connectivity index (χ1v) is 5.20. The van der Waals surface area contributed by atoms with E-state index in [0.717, 1.165) is 17.9 Å². The number of imidazole rings is 2. The SMILES string of the molecule is C=CCn1cnc(-c2cncn2CC)c1N. The third kappa shape index (κ3) is 1.60. The molecule has 0 bridgehead atoms. The molecule has 16 heavy (non-hydrogen) atoms. The van der Waals surface area contributed by atoms with Gasteiger partial charge < -0.3 is 14.9 Å². The average Bonchev–Trinajstić information content (AvgIpc) is 2.87. The number of hydrogen-bond donors (Lipinski definition) is 1. The lowest BCUT2D eigenvalue weighted by atomic mass is 10.3. The van der Waals surface area contributed by atoms with Gasteiger partial charge in [-0.05, 0) is 6.92 Å². The number of nitrogen functional groups attached to an aromatic ring is 1. The zero-order valence-electron chi connectivity index (χ0n) is 9.30. The molecule has 5 heteroatoms. The minimum atomic E-state index is 0.648. The van der Waals surface area contributed by atoms with Crippen molar-refractivity contribution in [1.82, 2.24) is 19.1 Å². The van der Waals surface area contributed by atoms with Crippen LogP contribution >= 0.6 is 0 Å². The number of anilines is 1. The highest BCUT2D eigenvalue weighted by molar-refractivity contribution is 5.67. The number of nitrogens with two attached hydrogens (primary N) is 1. The van der Waals surface area contributed by atoms with Crippen LogP contribution in [0.4, 0.5) is 5.82 Å². The molecule has 0 unspecified atom stereocenters. The lowest BCUT2D eigenvalue weighted by molar-refractivity contribution is 0.767. The topological polar surface area (TPSA) is 61.7 Å². The molecule has 0 saturated heterocycles. The second kappa shape index (κ2) is 4.22. The molecule has 84 valence electrons. The van der Waals surface area contributed by atoms with Gasteiger partial charge in [0.25, 0.3) is 0 Å². The molecule has 0 spiro atoms. The Balaban J connectivity index is 2.44. The van der Waals surface area contributed by atoms with Crippen LogP contribution in [0.25, 0.3) is 11.4 Å². The molecule has 0 radical (unpaired) electrons. The van der Waals surface area contributed by atoms with Crippen molar-refractivity contribution in [3.8, 4) is 11.4 Å². The standard InChI is InChI=1S/C11H15N5/c1-3-5-16-8-14-10(11(16)12)9-6-13-7-15(9)4-2/h3,6-8H,1,4-5,12H2,2H3. The molecule has 0 atom stereocenters. The van der Waals surface area contributed by atoms with Gasteiger partial charge in [0.15, 0.2) is 0 Å². The quantitative estimate of drug-likeness (QED) is 0.790. The third-order valence-corrected chi connectivity index (χ3v) is 2.50. The van der Waals surface area contributed by atoms with Gasteiger partial charge in [0.2, 0.25) is 0 Å². The van der Waals surface area contributed by atoms with Gasteiger partial charge in [-0.2, -0.15) is 0 Å². The molecule has 0 aliphatic carbocycles.